The van der Waals surface area contributed by atoms with E-state index in [4.69, 9.17) is 0 Å². The molecule has 0 saturated carbocycles. The number of aromatic hydroxyl groups is 1. The third-order valence-electron chi connectivity index (χ3n) is 3.34. The van der Waals surface area contributed by atoms with Gasteiger partial charge in [-0.3, -0.25) is 4.90 Å². The Bertz CT molecular complexity index is 498. The van der Waals surface area contributed by atoms with E-state index in [0.29, 0.717) is 5.75 Å². The van der Waals surface area contributed by atoms with Gasteiger partial charge in [0.05, 0.1) is 0 Å². The molecule has 0 unspecified atom stereocenters. The maximum atomic E-state index is 9.39. The van der Waals surface area contributed by atoms with Gasteiger partial charge in [0.25, 0.3) is 0 Å². The van der Waals surface area contributed by atoms with E-state index in [2.05, 4.69) is 16.1 Å². The molecule has 0 spiro atoms. The van der Waals surface area contributed by atoms with Crippen molar-refractivity contribution >= 4 is 10.9 Å². The summed E-state index contributed by atoms with van der Waals surface area (Å²) in [5.41, 5.74) is 2.35. The zero-order valence-corrected chi connectivity index (χ0v) is 9.24. The highest BCUT2D eigenvalue weighted by atomic mass is 16.3. The van der Waals surface area contributed by atoms with Gasteiger partial charge in [0.1, 0.15) is 5.75 Å². The molecule has 0 amide bonds. The normalized spacial score (nSPS) is 17.2. The van der Waals surface area contributed by atoms with Gasteiger partial charge in [-0.05, 0) is 43.6 Å². The maximum Gasteiger partial charge on any atom is 0.117 e. The van der Waals surface area contributed by atoms with Gasteiger partial charge in [0, 0.05) is 29.7 Å². The fourth-order valence-electron chi connectivity index (χ4n) is 2.49. The SMILES string of the molecule is Oc1ccc2c(CN3CCCC3)c[nH]c2c1. The lowest BCUT2D eigenvalue weighted by Gasteiger charge is -2.13. The van der Waals surface area contributed by atoms with Crippen molar-refractivity contribution in [1.29, 1.82) is 0 Å². The van der Waals surface area contributed by atoms with E-state index in [1.807, 2.05) is 6.07 Å². The number of benzene rings is 1. The van der Waals surface area contributed by atoms with Crippen molar-refractivity contribution in [3.05, 3.63) is 30.0 Å². The molecule has 16 heavy (non-hydrogen) atoms. The lowest BCUT2D eigenvalue weighted by molar-refractivity contribution is 0.332. The first-order valence-corrected chi connectivity index (χ1v) is 5.84. The Labute approximate surface area is 94.7 Å². The van der Waals surface area contributed by atoms with Crippen LogP contribution < -0.4 is 0 Å². The van der Waals surface area contributed by atoms with Crippen LogP contribution in [-0.4, -0.2) is 28.1 Å². The molecule has 1 saturated heterocycles. The second kappa shape index (κ2) is 3.83. The van der Waals surface area contributed by atoms with Crippen LogP contribution in [0.5, 0.6) is 5.75 Å². The number of H-pyrrole nitrogens is 1. The van der Waals surface area contributed by atoms with E-state index in [9.17, 15) is 5.11 Å². The summed E-state index contributed by atoms with van der Waals surface area (Å²) in [7, 11) is 0. The Hall–Kier alpha value is -1.48. The molecule has 0 atom stereocenters. The third kappa shape index (κ3) is 1.67. The van der Waals surface area contributed by atoms with Crippen molar-refractivity contribution in [3.63, 3.8) is 0 Å². The van der Waals surface area contributed by atoms with Gasteiger partial charge in [-0.2, -0.15) is 0 Å². The summed E-state index contributed by atoms with van der Waals surface area (Å²) < 4.78 is 0. The molecule has 1 fully saturated rings. The highest BCUT2D eigenvalue weighted by molar-refractivity contribution is 5.84. The molecule has 1 aromatic carbocycles. The molecular weight excluding hydrogens is 200 g/mol. The Morgan fingerprint density at radius 3 is 2.88 bits per heavy atom. The average molecular weight is 216 g/mol. The van der Waals surface area contributed by atoms with E-state index in [0.717, 1.165) is 12.1 Å². The topological polar surface area (TPSA) is 39.3 Å². The minimum atomic E-state index is 0.321. The molecule has 1 aromatic heterocycles. The van der Waals surface area contributed by atoms with Crippen LogP contribution in [0.1, 0.15) is 18.4 Å². The number of phenolic OH excluding ortho intramolecular Hbond substituents is 1. The third-order valence-corrected chi connectivity index (χ3v) is 3.34. The van der Waals surface area contributed by atoms with E-state index in [-0.39, 0.29) is 0 Å². The summed E-state index contributed by atoms with van der Waals surface area (Å²) in [5.74, 6) is 0.321. The van der Waals surface area contributed by atoms with Gasteiger partial charge in [0.2, 0.25) is 0 Å². The molecule has 84 valence electrons. The van der Waals surface area contributed by atoms with Crippen molar-refractivity contribution in [2.45, 2.75) is 19.4 Å². The highest BCUT2D eigenvalue weighted by Crippen LogP contribution is 2.24. The van der Waals surface area contributed by atoms with Crippen LogP contribution in [0.3, 0.4) is 0 Å². The number of hydrogen-bond donors (Lipinski definition) is 2. The van der Waals surface area contributed by atoms with Crippen LogP contribution in [0, 0.1) is 0 Å². The monoisotopic (exact) mass is 216 g/mol. The molecule has 3 rings (SSSR count). The Balaban J connectivity index is 1.91. The average Bonchev–Trinajstić information content (AvgIpc) is 2.89. The van der Waals surface area contributed by atoms with Gasteiger partial charge >= 0.3 is 0 Å². The van der Waals surface area contributed by atoms with Crippen LogP contribution in [0.4, 0.5) is 0 Å². The minimum Gasteiger partial charge on any atom is -0.508 e. The first kappa shape index (κ1) is 9.73. The molecule has 0 radical (unpaired) electrons. The number of nitrogens with one attached hydrogen (secondary N) is 1. The van der Waals surface area contributed by atoms with Gasteiger partial charge in [-0.1, -0.05) is 0 Å². The van der Waals surface area contributed by atoms with Crippen LogP contribution >= 0.6 is 0 Å². The lowest BCUT2D eigenvalue weighted by Crippen LogP contribution is -2.17. The van der Waals surface area contributed by atoms with Gasteiger partial charge < -0.3 is 10.1 Å². The quantitative estimate of drug-likeness (QED) is 0.809. The molecule has 2 heterocycles. The van der Waals surface area contributed by atoms with Crippen LogP contribution in [0.2, 0.25) is 0 Å². The number of hydrogen-bond acceptors (Lipinski definition) is 2. The minimum absolute atomic E-state index is 0.321. The molecule has 3 nitrogen and oxygen atoms in total. The zero-order valence-electron chi connectivity index (χ0n) is 9.24. The summed E-state index contributed by atoms with van der Waals surface area (Å²) in [4.78, 5) is 5.70. The maximum absolute atomic E-state index is 9.39. The van der Waals surface area contributed by atoms with E-state index < -0.39 is 0 Å². The van der Waals surface area contributed by atoms with Crippen molar-refractivity contribution < 1.29 is 5.11 Å². The van der Waals surface area contributed by atoms with E-state index >= 15 is 0 Å². The fraction of sp³-hybridized carbons (Fsp3) is 0.385. The van der Waals surface area contributed by atoms with Crippen LogP contribution in [0.25, 0.3) is 10.9 Å². The number of fused-ring (bicyclic) bond motifs is 1. The summed E-state index contributed by atoms with van der Waals surface area (Å²) in [6.07, 6.45) is 4.70. The number of phenols is 1. The van der Waals surface area contributed by atoms with Crippen molar-refractivity contribution in [2.24, 2.45) is 0 Å². The number of likely N-dealkylation sites (tertiary alicyclic amines) is 1. The van der Waals surface area contributed by atoms with Crippen molar-refractivity contribution in [2.75, 3.05) is 13.1 Å². The molecule has 0 bridgehead atoms. The predicted octanol–water partition coefficient (Wildman–Crippen LogP) is 2.47. The molecule has 2 aromatic rings. The second-order valence-corrected chi connectivity index (χ2v) is 4.53. The van der Waals surface area contributed by atoms with Crippen LogP contribution in [-0.2, 0) is 6.54 Å². The summed E-state index contributed by atoms with van der Waals surface area (Å²) in [6, 6.07) is 5.53. The van der Waals surface area contributed by atoms with Gasteiger partial charge in [-0.15, -0.1) is 0 Å². The number of aromatic amines is 1. The fourth-order valence-corrected chi connectivity index (χ4v) is 2.49. The molecule has 0 aliphatic carbocycles. The zero-order chi connectivity index (χ0) is 11.0. The predicted molar refractivity (Wildman–Crippen MR) is 64.5 cm³/mol. The smallest absolute Gasteiger partial charge is 0.117 e. The summed E-state index contributed by atoms with van der Waals surface area (Å²) in [6.45, 7) is 3.44. The largest absolute Gasteiger partial charge is 0.508 e. The Kier molecular flexibility index (Phi) is 2.33. The first-order valence-electron chi connectivity index (χ1n) is 5.84. The molecular formula is C13H16N2O. The molecule has 2 N–H and O–H groups in total. The highest BCUT2D eigenvalue weighted by Gasteiger charge is 2.13. The van der Waals surface area contributed by atoms with E-state index in [1.54, 1.807) is 12.1 Å². The van der Waals surface area contributed by atoms with Gasteiger partial charge in [-0.25, -0.2) is 0 Å². The first-order chi connectivity index (χ1) is 7.83. The summed E-state index contributed by atoms with van der Waals surface area (Å²) in [5, 5.41) is 10.6. The van der Waals surface area contributed by atoms with Crippen molar-refractivity contribution in [3.8, 4) is 5.75 Å². The lowest BCUT2D eigenvalue weighted by atomic mass is 10.1. The van der Waals surface area contributed by atoms with E-state index in [1.165, 1.54) is 36.9 Å². The standard InChI is InChI=1S/C13H16N2O/c16-11-3-4-12-10(8-14-13(12)7-11)9-15-5-1-2-6-15/h3-4,7-8,14,16H,1-2,5-6,9H2. The molecule has 1 aliphatic rings. The molecule has 1 aliphatic heterocycles. The molecule has 3 heteroatoms. The van der Waals surface area contributed by atoms with Crippen molar-refractivity contribution in [1.82, 2.24) is 9.88 Å². The second-order valence-electron chi connectivity index (χ2n) is 4.53. The number of rotatable bonds is 2. The number of nitrogens with zero attached hydrogens (tertiary/aromatic N) is 1. The van der Waals surface area contributed by atoms with Gasteiger partial charge in [0.15, 0.2) is 0 Å². The summed E-state index contributed by atoms with van der Waals surface area (Å²) >= 11 is 0. The number of aromatic nitrogens is 1. The van der Waals surface area contributed by atoms with Crippen LogP contribution in [0.15, 0.2) is 24.4 Å². The Morgan fingerprint density at radius 2 is 2.06 bits per heavy atom. The Morgan fingerprint density at radius 1 is 1.25 bits per heavy atom.